The van der Waals surface area contributed by atoms with Crippen LogP contribution in [-0.4, -0.2) is 22.4 Å². The van der Waals surface area contributed by atoms with Crippen molar-refractivity contribution in [3.63, 3.8) is 0 Å². The van der Waals surface area contributed by atoms with E-state index in [1.807, 2.05) is 0 Å². The molecule has 1 aromatic carbocycles. The molecule has 0 unspecified atom stereocenters. The number of halogens is 1. The van der Waals surface area contributed by atoms with Gasteiger partial charge in [-0.25, -0.2) is 4.79 Å². The third-order valence-electron chi connectivity index (χ3n) is 2.63. The van der Waals surface area contributed by atoms with Crippen LogP contribution in [0.3, 0.4) is 0 Å². The average molecular weight is 280 g/mol. The summed E-state index contributed by atoms with van der Waals surface area (Å²) in [7, 11) is 1.77. The zero-order valence-electron chi connectivity index (χ0n) is 10.7. The van der Waals surface area contributed by atoms with Gasteiger partial charge < -0.3 is 10.5 Å². The highest BCUT2D eigenvalue weighted by atomic mass is 35.5. The minimum Gasteiger partial charge on any atom is -0.462 e. The van der Waals surface area contributed by atoms with Gasteiger partial charge in [0, 0.05) is 29.4 Å². The molecule has 0 saturated heterocycles. The lowest BCUT2D eigenvalue weighted by atomic mass is 10.1. The van der Waals surface area contributed by atoms with Crippen molar-refractivity contribution in [3.05, 3.63) is 35.0 Å². The van der Waals surface area contributed by atoms with Crippen molar-refractivity contribution in [1.29, 1.82) is 0 Å². The van der Waals surface area contributed by atoms with Crippen LogP contribution in [0, 0.1) is 0 Å². The Morgan fingerprint density at radius 1 is 1.47 bits per heavy atom. The van der Waals surface area contributed by atoms with E-state index < -0.39 is 0 Å². The molecule has 1 aromatic heterocycles. The highest BCUT2D eigenvalue weighted by Gasteiger charge is 2.14. The van der Waals surface area contributed by atoms with Crippen LogP contribution in [0.1, 0.15) is 17.3 Å². The third kappa shape index (κ3) is 2.71. The van der Waals surface area contributed by atoms with Crippen molar-refractivity contribution < 1.29 is 9.53 Å². The Morgan fingerprint density at radius 2 is 2.21 bits per heavy atom. The average Bonchev–Trinajstić information content (AvgIpc) is 2.69. The molecule has 100 valence electrons. The minimum atomic E-state index is -0.386. The summed E-state index contributed by atoms with van der Waals surface area (Å²) in [5.74, 6) is -0.0201. The molecule has 6 heteroatoms. The van der Waals surface area contributed by atoms with Crippen LogP contribution < -0.4 is 5.73 Å². The standard InChI is InChI=1S/C13H14ClN3O2/c1-3-19-13(18)8-4-5-11(14)9(6-8)10-7-17(2)16-12(10)15/h4-7H,3H2,1-2H3,(H2,15,16). The second-order valence-electron chi connectivity index (χ2n) is 4.02. The molecule has 1 heterocycles. The number of nitrogens with two attached hydrogens (primary N) is 1. The van der Waals surface area contributed by atoms with Gasteiger partial charge in [0.25, 0.3) is 0 Å². The Balaban J connectivity index is 2.48. The number of ether oxygens (including phenoxy) is 1. The van der Waals surface area contributed by atoms with Crippen molar-refractivity contribution >= 4 is 23.4 Å². The quantitative estimate of drug-likeness (QED) is 0.877. The molecule has 0 fully saturated rings. The molecule has 0 radical (unpaired) electrons. The maximum absolute atomic E-state index is 11.7. The number of carbonyl (C=O) groups is 1. The molecule has 0 aliphatic heterocycles. The molecule has 2 rings (SSSR count). The molecule has 0 spiro atoms. The van der Waals surface area contributed by atoms with E-state index in [-0.39, 0.29) is 5.97 Å². The van der Waals surface area contributed by atoms with Crippen LogP contribution in [-0.2, 0) is 11.8 Å². The van der Waals surface area contributed by atoms with E-state index in [0.717, 1.165) is 0 Å². The number of carbonyl (C=O) groups excluding carboxylic acids is 1. The van der Waals surface area contributed by atoms with E-state index in [4.69, 9.17) is 22.1 Å². The van der Waals surface area contributed by atoms with Crippen LogP contribution in [0.25, 0.3) is 11.1 Å². The molecule has 19 heavy (non-hydrogen) atoms. The molecule has 2 aromatic rings. The predicted octanol–water partition coefficient (Wildman–Crippen LogP) is 2.50. The van der Waals surface area contributed by atoms with Crippen molar-refractivity contribution in [2.24, 2.45) is 7.05 Å². The van der Waals surface area contributed by atoms with Crippen molar-refractivity contribution in [2.45, 2.75) is 6.92 Å². The number of anilines is 1. The van der Waals surface area contributed by atoms with E-state index in [2.05, 4.69) is 5.10 Å². The number of aryl methyl sites for hydroxylation is 1. The fourth-order valence-electron chi connectivity index (χ4n) is 1.79. The molecule has 0 atom stereocenters. The topological polar surface area (TPSA) is 70.1 Å². The molecule has 5 nitrogen and oxygen atoms in total. The Bertz CT molecular complexity index is 622. The van der Waals surface area contributed by atoms with Gasteiger partial charge in [-0.15, -0.1) is 0 Å². The largest absolute Gasteiger partial charge is 0.462 e. The van der Waals surface area contributed by atoms with Gasteiger partial charge in [0.05, 0.1) is 12.2 Å². The van der Waals surface area contributed by atoms with Crippen LogP contribution in [0.2, 0.25) is 5.02 Å². The Labute approximate surface area is 115 Å². The fourth-order valence-corrected chi connectivity index (χ4v) is 2.01. The van der Waals surface area contributed by atoms with E-state index in [9.17, 15) is 4.79 Å². The van der Waals surface area contributed by atoms with Crippen LogP contribution >= 0.6 is 11.6 Å². The summed E-state index contributed by atoms with van der Waals surface area (Å²) in [4.78, 5) is 11.7. The third-order valence-corrected chi connectivity index (χ3v) is 2.95. The number of benzene rings is 1. The first kappa shape index (κ1) is 13.4. The zero-order valence-corrected chi connectivity index (χ0v) is 11.4. The van der Waals surface area contributed by atoms with Crippen LogP contribution in [0.5, 0.6) is 0 Å². The van der Waals surface area contributed by atoms with Gasteiger partial charge in [0.15, 0.2) is 5.82 Å². The summed E-state index contributed by atoms with van der Waals surface area (Å²) in [6, 6.07) is 4.93. The van der Waals surface area contributed by atoms with Gasteiger partial charge in [0.1, 0.15) is 0 Å². The maximum Gasteiger partial charge on any atom is 0.338 e. The molecule has 0 saturated carbocycles. The molecule has 0 amide bonds. The van der Waals surface area contributed by atoms with Crippen molar-refractivity contribution in [3.8, 4) is 11.1 Å². The second kappa shape index (κ2) is 5.32. The number of hydrogen-bond donors (Lipinski definition) is 1. The SMILES string of the molecule is CCOC(=O)c1ccc(Cl)c(-c2cn(C)nc2N)c1. The molecule has 0 aliphatic rings. The molecule has 2 N–H and O–H groups in total. The summed E-state index contributed by atoms with van der Waals surface area (Å²) in [6.45, 7) is 2.08. The summed E-state index contributed by atoms with van der Waals surface area (Å²) >= 11 is 6.15. The Kier molecular flexibility index (Phi) is 3.76. The highest BCUT2D eigenvalue weighted by molar-refractivity contribution is 6.33. The highest BCUT2D eigenvalue weighted by Crippen LogP contribution is 2.32. The van der Waals surface area contributed by atoms with E-state index in [0.29, 0.717) is 34.1 Å². The van der Waals surface area contributed by atoms with Gasteiger partial charge in [-0.1, -0.05) is 11.6 Å². The monoisotopic (exact) mass is 279 g/mol. The molecular formula is C13H14ClN3O2. The van der Waals surface area contributed by atoms with Crippen molar-refractivity contribution in [2.75, 3.05) is 12.3 Å². The van der Waals surface area contributed by atoms with Gasteiger partial charge in [-0.2, -0.15) is 5.10 Å². The minimum absolute atomic E-state index is 0.325. The normalized spacial score (nSPS) is 10.5. The summed E-state index contributed by atoms with van der Waals surface area (Å²) < 4.78 is 6.56. The zero-order chi connectivity index (χ0) is 14.0. The number of hydrogen-bond acceptors (Lipinski definition) is 4. The molecule has 0 aliphatic carbocycles. The molecular weight excluding hydrogens is 266 g/mol. The molecule has 0 bridgehead atoms. The smallest absolute Gasteiger partial charge is 0.338 e. The van der Waals surface area contributed by atoms with Crippen LogP contribution in [0.15, 0.2) is 24.4 Å². The first-order valence-electron chi connectivity index (χ1n) is 5.79. The van der Waals surface area contributed by atoms with E-state index in [1.54, 1.807) is 43.0 Å². The van der Waals surface area contributed by atoms with Crippen molar-refractivity contribution in [1.82, 2.24) is 9.78 Å². The lowest BCUT2D eigenvalue weighted by molar-refractivity contribution is 0.0526. The number of aromatic nitrogens is 2. The van der Waals surface area contributed by atoms with E-state index >= 15 is 0 Å². The number of nitrogens with zero attached hydrogens (tertiary/aromatic N) is 2. The number of rotatable bonds is 3. The lowest BCUT2D eigenvalue weighted by Crippen LogP contribution is -2.04. The Morgan fingerprint density at radius 3 is 2.79 bits per heavy atom. The second-order valence-corrected chi connectivity index (χ2v) is 4.42. The first-order valence-corrected chi connectivity index (χ1v) is 6.17. The van der Waals surface area contributed by atoms with Crippen LogP contribution in [0.4, 0.5) is 5.82 Å². The van der Waals surface area contributed by atoms with Gasteiger partial charge >= 0.3 is 5.97 Å². The lowest BCUT2D eigenvalue weighted by Gasteiger charge is -2.06. The van der Waals surface area contributed by atoms with Gasteiger partial charge in [-0.05, 0) is 25.1 Å². The first-order chi connectivity index (χ1) is 9.02. The number of esters is 1. The van der Waals surface area contributed by atoms with Gasteiger partial charge in [0.2, 0.25) is 0 Å². The number of nitrogen functional groups attached to an aromatic ring is 1. The maximum atomic E-state index is 11.7. The fraction of sp³-hybridized carbons (Fsp3) is 0.231. The summed E-state index contributed by atoms with van der Waals surface area (Å²) in [6.07, 6.45) is 1.76. The Hall–Kier alpha value is -2.01. The van der Waals surface area contributed by atoms with E-state index in [1.165, 1.54) is 0 Å². The predicted molar refractivity (Wildman–Crippen MR) is 74.0 cm³/mol. The summed E-state index contributed by atoms with van der Waals surface area (Å²) in [5.41, 5.74) is 7.61. The summed E-state index contributed by atoms with van der Waals surface area (Å²) in [5, 5.41) is 4.57. The van der Waals surface area contributed by atoms with Gasteiger partial charge in [-0.3, -0.25) is 4.68 Å².